The Morgan fingerprint density at radius 2 is 2.26 bits per heavy atom. The molecule has 0 saturated carbocycles. The molecule has 0 amide bonds. The number of hydrogen-bond acceptors (Lipinski definition) is 3. The van der Waals surface area contributed by atoms with Crippen LogP contribution in [0.5, 0.6) is 5.75 Å². The maximum absolute atomic E-state index is 5.91. The zero-order chi connectivity index (χ0) is 13.8. The summed E-state index contributed by atoms with van der Waals surface area (Å²) < 4.78 is 8.88. The minimum atomic E-state index is 0.240. The number of ether oxygens (including phenoxy) is 1. The van der Waals surface area contributed by atoms with Crippen molar-refractivity contribution >= 4 is 15.9 Å². The molecule has 0 fully saturated rings. The molecular weight excluding hydrogens is 306 g/mol. The minimum absolute atomic E-state index is 0.240. The average molecular weight is 324 g/mol. The number of imidazole rings is 1. The van der Waals surface area contributed by atoms with Gasteiger partial charge in [0.05, 0.1) is 0 Å². The normalized spacial score (nSPS) is 12.4. The van der Waals surface area contributed by atoms with E-state index in [1.54, 1.807) is 6.20 Å². The molecule has 0 bridgehead atoms. The molecule has 5 heteroatoms. The second kappa shape index (κ2) is 6.21. The quantitative estimate of drug-likeness (QED) is 0.919. The smallest absolute Gasteiger partial charge is 0.146 e. The van der Waals surface area contributed by atoms with E-state index in [1.165, 1.54) is 0 Å². The highest BCUT2D eigenvalue weighted by molar-refractivity contribution is 9.10. The fraction of sp³-hybridized carbons (Fsp3) is 0.357. The first-order chi connectivity index (χ1) is 9.11. The lowest BCUT2D eigenvalue weighted by Gasteiger charge is -2.16. The Balaban J connectivity index is 2.19. The maximum Gasteiger partial charge on any atom is 0.146 e. The first kappa shape index (κ1) is 14.1. The lowest BCUT2D eigenvalue weighted by atomic mass is 10.1. The summed E-state index contributed by atoms with van der Waals surface area (Å²) in [7, 11) is 3.90. The fourth-order valence-corrected chi connectivity index (χ4v) is 2.16. The van der Waals surface area contributed by atoms with E-state index >= 15 is 0 Å². The van der Waals surface area contributed by atoms with Gasteiger partial charge in [0.1, 0.15) is 18.2 Å². The van der Waals surface area contributed by atoms with E-state index in [2.05, 4.69) is 39.2 Å². The van der Waals surface area contributed by atoms with Crippen LogP contribution in [-0.2, 0) is 13.7 Å². The minimum Gasteiger partial charge on any atom is -0.485 e. The van der Waals surface area contributed by atoms with E-state index in [9.17, 15) is 0 Å². The van der Waals surface area contributed by atoms with Crippen molar-refractivity contribution in [1.82, 2.24) is 14.9 Å². The molecule has 0 spiro atoms. The number of halogens is 1. The summed E-state index contributed by atoms with van der Waals surface area (Å²) in [6.07, 6.45) is 3.69. The molecule has 1 N–H and O–H groups in total. The number of hydrogen-bond donors (Lipinski definition) is 1. The summed E-state index contributed by atoms with van der Waals surface area (Å²) in [5.41, 5.74) is 1.14. The number of nitrogens with zero attached hydrogens (tertiary/aromatic N) is 2. The van der Waals surface area contributed by atoms with Gasteiger partial charge in [0, 0.05) is 35.5 Å². The van der Waals surface area contributed by atoms with Gasteiger partial charge >= 0.3 is 0 Å². The van der Waals surface area contributed by atoms with Crippen molar-refractivity contribution in [3.63, 3.8) is 0 Å². The van der Waals surface area contributed by atoms with Crippen molar-refractivity contribution in [2.24, 2.45) is 7.05 Å². The summed E-state index contributed by atoms with van der Waals surface area (Å²) in [4.78, 5) is 4.26. The van der Waals surface area contributed by atoms with Gasteiger partial charge in [-0.2, -0.15) is 0 Å². The van der Waals surface area contributed by atoms with Crippen LogP contribution in [0.4, 0.5) is 0 Å². The summed E-state index contributed by atoms with van der Waals surface area (Å²) >= 11 is 3.48. The molecular formula is C14H18BrN3O. The van der Waals surface area contributed by atoms with Gasteiger partial charge in [0.15, 0.2) is 0 Å². The Morgan fingerprint density at radius 3 is 2.89 bits per heavy atom. The molecule has 2 rings (SSSR count). The summed E-state index contributed by atoms with van der Waals surface area (Å²) in [6.45, 7) is 2.57. The Kier molecular flexibility index (Phi) is 4.61. The van der Waals surface area contributed by atoms with Gasteiger partial charge in [0.2, 0.25) is 0 Å². The number of aromatic nitrogens is 2. The van der Waals surface area contributed by atoms with Gasteiger partial charge in [-0.25, -0.2) is 4.98 Å². The average Bonchev–Trinajstić information content (AvgIpc) is 2.81. The SMILES string of the molecule is CNC(C)c1ccc(Br)cc1OCc1nccn1C. The molecule has 1 aromatic carbocycles. The van der Waals surface area contributed by atoms with Crippen molar-refractivity contribution in [2.75, 3.05) is 7.05 Å². The lowest BCUT2D eigenvalue weighted by molar-refractivity contribution is 0.286. The summed E-state index contributed by atoms with van der Waals surface area (Å²) in [5, 5.41) is 3.23. The highest BCUT2D eigenvalue weighted by Gasteiger charge is 2.11. The molecule has 0 radical (unpaired) electrons. The molecule has 0 saturated heterocycles. The molecule has 1 atom stereocenters. The first-order valence-electron chi connectivity index (χ1n) is 6.17. The summed E-state index contributed by atoms with van der Waals surface area (Å²) in [5.74, 6) is 1.78. The molecule has 0 aliphatic carbocycles. The van der Waals surface area contributed by atoms with Gasteiger partial charge < -0.3 is 14.6 Å². The topological polar surface area (TPSA) is 39.1 Å². The van der Waals surface area contributed by atoms with Crippen LogP contribution in [0, 0.1) is 0 Å². The van der Waals surface area contributed by atoms with E-state index in [-0.39, 0.29) is 6.04 Å². The zero-order valence-corrected chi connectivity index (χ0v) is 12.9. The van der Waals surface area contributed by atoms with Crippen molar-refractivity contribution in [3.05, 3.63) is 46.5 Å². The Bertz CT molecular complexity index is 553. The van der Waals surface area contributed by atoms with Crippen LogP contribution in [0.1, 0.15) is 24.4 Å². The number of nitrogens with one attached hydrogen (secondary N) is 1. The van der Waals surface area contributed by atoms with Crippen molar-refractivity contribution in [1.29, 1.82) is 0 Å². The molecule has 0 aliphatic rings. The van der Waals surface area contributed by atoms with Crippen LogP contribution < -0.4 is 10.1 Å². The van der Waals surface area contributed by atoms with E-state index in [1.807, 2.05) is 37.0 Å². The molecule has 1 unspecified atom stereocenters. The second-order valence-electron chi connectivity index (χ2n) is 4.44. The van der Waals surface area contributed by atoms with Crippen molar-refractivity contribution in [2.45, 2.75) is 19.6 Å². The van der Waals surface area contributed by atoms with Gasteiger partial charge in [-0.05, 0) is 26.1 Å². The van der Waals surface area contributed by atoms with Gasteiger partial charge in [-0.15, -0.1) is 0 Å². The number of aryl methyl sites for hydroxylation is 1. The van der Waals surface area contributed by atoms with Crippen LogP contribution >= 0.6 is 15.9 Å². The predicted molar refractivity (Wildman–Crippen MR) is 79.2 cm³/mol. The monoisotopic (exact) mass is 323 g/mol. The number of rotatable bonds is 5. The largest absolute Gasteiger partial charge is 0.485 e. The molecule has 19 heavy (non-hydrogen) atoms. The Hall–Kier alpha value is -1.33. The Morgan fingerprint density at radius 1 is 1.47 bits per heavy atom. The van der Waals surface area contributed by atoms with E-state index < -0.39 is 0 Å². The van der Waals surface area contributed by atoms with Gasteiger partial charge in [-0.3, -0.25) is 0 Å². The highest BCUT2D eigenvalue weighted by atomic mass is 79.9. The zero-order valence-electron chi connectivity index (χ0n) is 11.4. The maximum atomic E-state index is 5.91. The highest BCUT2D eigenvalue weighted by Crippen LogP contribution is 2.29. The van der Waals surface area contributed by atoms with Crippen LogP contribution in [0.25, 0.3) is 0 Å². The lowest BCUT2D eigenvalue weighted by Crippen LogP contribution is -2.14. The number of benzene rings is 1. The molecule has 2 aromatic rings. The fourth-order valence-electron chi connectivity index (χ4n) is 1.82. The molecule has 4 nitrogen and oxygen atoms in total. The van der Waals surface area contributed by atoms with Crippen molar-refractivity contribution in [3.8, 4) is 5.75 Å². The summed E-state index contributed by atoms with van der Waals surface area (Å²) in [6, 6.07) is 6.33. The third-order valence-electron chi connectivity index (χ3n) is 3.15. The van der Waals surface area contributed by atoms with Crippen molar-refractivity contribution < 1.29 is 4.74 Å². The molecule has 1 aromatic heterocycles. The van der Waals surface area contributed by atoms with Gasteiger partial charge in [0.25, 0.3) is 0 Å². The van der Waals surface area contributed by atoms with E-state index in [4.69, 9.17) is 4.74 Å². The molecule has 1 heterocycles. The van der Waals surface area contributed by atoms with E-state index in [0.29, 0.717) is 6.61 Å². The van der Waals surface area contributed by atoms with Crippen LogP contribution in [0.3, 0.4) is 0 Å². The second-order valence-corrected chi connectivity index (χ2v) is 5.35. The molecule has 102 valence electrons. The van der Waals surface area contributed by atoms with Crippen LogP contribution in [0.2, 0.25) is 0 Å². The third-order valence-corrected chi connectivity index (χ3v) is 3.65. The predicted octanol–water partition coefficient (Wildman–Crippen LogP) is 3.04. The van der Waals surface area contributed by atoms with E-state index in [0.717, 1.165) is 21.6 Å². The van der Waals surface area contributed by atoms with Crippen LogP contribution in [-0.4, -0.2) is 16.6 Å². The Labute approximate surface area is 121 Å². The standard InChI is InChI=1S/C14H18BrN3O/c1-10(16-2)12-5-4-11(15)8-13(12)19-9-14-17-6-7-18(14)3/h4-8,10,16H,9H2,1-3H3. The third kappa shape index (κ3) is 3.36. The van der Waals surface area contributed by atoms with Gasteiger partial charge in [-0.1, -0.05) is 22.0 Å². The first-order valence-corrected chi connectivity index (χ1v) is 6.97. The van der Waals surface area contributed by atoms with Crippen LogP contribution in [0.15, 0.2) is 35.1 Å². The molecule has 0 aliphatic heterocycles.